The van der Waals surface area contributed by atoms with E-state index in [1.165, 1.54) is 0 Å². The molecule has 160 valence electrons. The molecule has 1 N–H and O–H groups in total. The molecule has 6 rings (SSSR count). The molecular weight excluding hydrogens is 412 g/mol. The third kappa shape index (κ3) is 11.6. The van der Waals surface area contributed by atoms with Gasteiger partial charge >= 0.3 is 0 Å². The van der Waals surface area contributed by atoms with Gasteiger partial charge in [-0.2, -0.15) is 0 Å². The third-order valence-electron chi connectivity index (χ3n) is 3.23. The first-order valence-electron chi connectivity index (χ1n) is 9.22. The van der Waals surface area contributed by atoms with E-state index in [0.717, 1.165) is 11.5 Å². The summed E-state index contributed by atoms with van der Waals surface area (Å²) in [5.74, 6) is 1.69. The van der Waals surface area contributed by atoms with Crippen molar-refractivity contribution in [2.45, 2.75) is 0 Å². The number of rotatable bonds is 0. The summed E-state index contributed by atoms with van der Waals surface area (Å²) in [7, 11) is 1.94. The minimum atomic E-state index is 0.360. The average Bonchev–Trinajstić information content (AvgIpc) is 3.65. The van der Waals surface area contributed by atoms with E-state index in [2.05, 4.69) is 24.9 Å². The minimum absolute atomic E-state index is 0.360. The van der Waals surface area contributed by atoms with Crippen LogP contribution in [0.3, 0.4) is 0 Å². The number of aryl methyl sites for hydroxylation is 1. The molecule has 0 saturated carbocycles. The zero-order valence-corrected chi connectivity index (χ0v) is 17.9. The molecule has 8 nitrogen and oxygen atoms in total. The van der Waals surface area contributed by atoms with Crippen LogP contribution in [0.2, 0.25) is 0 Å². The lowest BCUT2D eigenvalue weighted by atomic mass is 10.3. The van der Waals surface area contributed by atoms with Crippen LogP contribution < -0.4 is 9.47 Å². The number of imidazole rings is 2. The van der Waals surface area contributed by atoms with Gasteiger partial charge in [0.1, 0.15) is 0 Å². The van der Waals surface area contributed by atoms with Crippen molar-refractivity contribution in [3.63, 3.8) is 0 Å². The number of hydrogen-bond acceptors (Lipinski definition) is 7. The van der Waals surface area contributed by atoms with Crippen molar-refractivity contribution < 1.29 is 9.47 Å². The molecular formula is C22H24N6O2S. The van der Waals surface area contributed by atoms with Crippen molar-refractivity contribution in [3.05, 3.63) is 109 Å². The van der Waals surface area contributed by atoms with Crippen molar-refractivity contribution in [1.29, 1.82) is 0 Å². The maximum atomic E-state index is 5.08. The Kier molecular flexibility index (Phi) is 11.9. The van der Waals surface area contributed by atoms with Gasteiger partial charge in [-0.3, -0.25) is 9.97 Å². The van der Waals surface area contributed by atoms with E-state index in [0.29, 0.717) is 6.79 Å². The number of nitrogens with zero attached hydrogens (tertiary/aromatic N) is 5. The largest absolute Gasteiger partial charge is 0.454 e. The molecule has 0 saturated heterocycles. The summed E-state index contributed by atoms with van der Waals surface area (Å²) in [6, 6.07) is 13.3. The molecule has 0 unspecified atom stereocenters. The summed E-state index contributed by atoms with van der Waals surface area (Å²) in [6.45, 7) is 0.360. The smallest absolute Gasteiger partial charge is 0.231 e. The maximum Gasteiger partial charge on any atom is 0.231 e. The highest BCUT2D eigenvalue weighted by molar-refractivity contribution is 7.07. The number of aromatic amines is 1. The van der Waals surface area contributed by atoms with Crippen LogP contribution in [0.5, 0.6) is 11.5 Å². The Balaban J connectivity index is 0.000000141. The first-order valence-corrected chi connectivity index (χ1v) is 10.2. The van der Waals surface area contributed by atoms with Crippen molar-refractivity contribution in [2.75, 3.05) is 6.79 Å². The van der Waals surface area contributed by atoms with Crippen LogP contribution in [0.1, 0.15) is 0 Å². The molecule has 4 aromatic heterocycles. The Morgan fingerprint density at radius 3 is 1.90 bits per heavy atom. The van der Waals surface area contributed by atoms with E-state index < -0.39 is 0 Å². The minimum Gasteiger partial charge on any atom is -0.454 e. The lowest BCUT2D eigenvalue weighted by Crippen LogP contribution is -1.92. The van der Waals surface area contributed by atoms with Crippen LogP contribution in [0.25, 0.3) is 0 Å². The van der Waals surface area contributed by atoms with E-state index in [4.69, 9.17) is 9.47 Å². The summed E-state index contributed by atoms with van der Waals surface area (Å²) >= 11 is 1.60. The van der Waals surface area contributed by atoms with Gasteiger partial charge in [0.15, 0.2) is 11.5 Å². The molecule has 0 spiro atoms. The van der Waals surface area contributed by atoms with E-state index in [-0.39, 0.29) is 0 Å². The highest BCUT2D eigenvalue weighted by atomic mass is 32.1. The SMILES string of the molecule is Cn1ccnc1.c1c[nH]cn1.c1ccc2c(c1)OCO2.c1ccncc1.c1cscn1. The van der Waals surface area contributed by atoms with Gasteiger partial charge in [0.05, 0.1) is 18.2 Å². The zero-order valence-electron chi connectivity index (χ0n) is 17.1. The summed E-state index contributed by atoms with van der Waals surface area (Å²) in [5, 5.41) is 1.93. The summed E-state index contributed by atoms with van der Waals surface area (Å²) in [4.78, 5) is 17.7. The van der Waals surface area contributed by atoms with Crippen molar-refractivity contribution in [3.8, 4) is 11.5 Å². The monoisotopic (exact) mass is 436 g/mol. The molecule has 0 aliphatic carbocycles. The van der Waals surface area contributed by atoms with Crippen LogP contribution >= 0.6 is 11.3 Å². The Labute approximate surface area is 185 Å². The number of H-pyrrole nitrogens is 1. The molecule has 1 aliphatic heterocycles. The van der Waals surface area contributed by atoms with Gasteiger partial charge in [-0.05, 0) is 24.3 Å². The number of pyridine rings is 1. The standard InChI is InChI=1S/C7H6O2.C5H5N.C4H6N2.C3H4N2.C3H3NS/c1-2-4-7-6(3-1)8-5-9-7;1-2-4-6-5-3-1;1-6-3-2-5-4-6;2*1-2-5-3-4-1/h1-4H,5H2;1-5H;2-4H,1H3;1-3H,(H,4,5);1-3H. The summed E-state index contributed by atoms with van der Waals surface area (Å²) in [6.07, 6.45) is 15.7. The predicted octanol–water partition coefficient (Wildman–Crippen LogP) is 4.47. The highest BCUT2D eigenvalue weighted by Crippen LogP contribution is 2.30. The fraction of sp³-hybridized carbons (Fsp3) is 0.0909. The van der Waals surface area contributed by atoms with Crippen LogP contribution in [0.4, 0.5) is 0 Å². The number of hydrogen-bond donors (Lipinski definition) is 1. The molecule has 0 atom stereocenters. The summed E-state index contributed by atoms with van der Waals surface area (Å²) < 4.78 is 12.0. The Hall–Kier alpha value is -3.98. The number of fused-ring (bicyclic) bond motifs is 1. The number of ether oxygens (including phenoxy) is 2. The molecule has 5 aromatic rings. The molecule has 1 aliphatic rings. The average molecular weight is 437 g/mol. The number of thiazole rings is 1. The predicted molar refractivity (Wildman–Crippen MR) is 121 cm³/mol. The number of aromatic nitrogens is 6. The van der Waals surface area contributed by atoms with Gasteiger partial charge in [-0.25, -0.2) is 9.97 Å². The molecule has 5 heterocycles. The van der Waals surface area contributed by atoms with Crippen LogP contribution in [-0.4, -0.2) is 36.3 Å². The van der Waals surface area contributed by atoms with Crippen LogP contribution in [0, 0.1) is 0 Å². The maximum absolute atomic E-state index is 5.08. The number of benzene rings is 1. The van der Waals surface area contributed by atoms with Crippen LogP contribution in [-0.2, 0) is 7.05 Å². The molecule has 0 bridgehead atoms. The molecule has 0 radical (unpaired) electrons. The van der Waals surface area contributed by atoms with Gasteiger partial charge in [0.25, 0.3) is 0 Å². The van der Waals surface area contributed by atoms with Crippen molar-refractivity contribution in [1.82, 2.24) is 29.5 Å². The second kappa shape index (κ2) is 15.9. The molecule has 0 fully saturated rings. The zero-order chi connectivity index (χ0) is 21.8. The second-order valence-electron chi connectivity index (χ2n) is 5.54. The molecule has 1 aromatic carbocycles. The molecule has 0 amide bonds. The number of nitrogens with one attached hydrogen (secondary N) is 1. The quantitative estimate of drug-likeness (QED) is 0.385. The number of para-hydroxylation sites is 2. The van der Waals surface area contributed by atoms with Crippen LogP contribution in [0.15, 0.2) is 109 Å². The van der Waals surface area contributed by atoms with E-state index in [1.807, 2.05) is 65.7 Å². The van der Waals surface area contributed by atoms with E-state index >= 15 is 0 Å². The molecule has 31 heavy (non-hydrogen) atoms. The van der Waals surface area contributed by atoms with Crippen molar-refractivity contribution >= 4 is 11.3 Å². The fourth-order valence-corrected chi connectivity index (χ4v) is 2.23. The van der Waals surface area contributed by atoms with Gasteiger partial charge < -0.3 is 19.0 Å². The third-order valence-corrected chi connectivity index (χ3v) is 3.76. The van der Waals surface area contributed by atoms with E-state index in [1.54, 1.807) is 66.7 Å². The Bertz CT molecular complexity index is 868. The van der Waals surface area contributed by atoms with Crippen molar-refractivity contribution in [2.24, 2.45) is 7.05 Å². The highest BCUT2D eigenvalue weighted by Gasteiger charge is 2.09. The first kappa shape index (κ1) is 23.3. The van der Waals surface area contributed by atoms with Gasteiger partial charge in [0, 0.05) is 55.8 Å². The lowest BCUT2D eigenvalue weighted by molar-refractivity contribution is 0.174. The second-order valence-corrected chi connectivity index (χ2v) is 6.30. The lowest BCUT2D eigenvalue weighted by Gasteiger charge is -1.89. The van der Waals surface area contributed by atoms with Gasteiger partial charge in [-0.15, -0.1) is 11.3 Å². The first-order chi connectivity index (χ1) is 15.4. The normalized spacial score (nSPS) is 9.84. The van der Waals surface area contributed by atoms with Gasteiger partial charge in [-0.1, -0.05) is 18.2 Å². The van der Waals surface area contributed by atoms with Gasteiger partial charge in [0.2, 0.25) is 6.79 Å². The van der Waals surface area contributed by atoms with E-state index in [9.17, 15) is 0 Å². The Morgan fingerprint density at radius 2 is 1.61 bits per heavy atom. The summed E-state index contributed by atoms with van der Waals surface area (Å²) in [5.41, 5.74) is 1.79. The topological polar surface area (TPSA) is 90.7 Å². The fourth-order valence-electron chi connectivity index (χ4n) is 1.87. The molecule has 9 heteroatoms. The Morgan fingerprint density at radius 1 is 0.839 bits per heavy atom.